The quantitative estimate of drug-likeness (QED) is 0.227. The Bertz CT molecular complexity index is 367. The molecule has 13 heteroatoms. The minimum absolute atomic E-state index is 0.0347. The van der Waals surface area contributed by atoms with E-state index in [1.165, 1.54) is 6.55 Å². The number of hydrogen-bond donors (Lipinski definition) is 0. The third kappa shape index (κ3) is 5.34. The molecule has 0 aliphatic carbocycles. The van der Waals surface area contributed by atoms with E-state index in [1.54, 1.807) is 0 Å². The second-order valence-corrected chi connectivity index (χ2v) is 12.8. The van der Waals surface area contributed by atoms with Crippen LogP contribution < -0.4 is 0 Å². The average molecular weight is 405 g/mol. The lowest BCUT2D eigenvalue weighted by atomic mass is 10.0. The Labute approximate surface area is 130 Å². The number of ether oxygens (including phenoxy) is 1. The van der Waals surface area contributed by atoms with E-state index in [9.17, 15) is 39.5 Å². The molecule has 0 N–H and O–H groups in total. The summed E-state index contributed by atoms with van der Waals surface area (Å²) >= 11 is 11.3. The predicted octanol–water partition coefficient (Wildman–Crippen LogP) is 5.41. The van der Waals surface area contributed by atoms with Crippen LogP contribution in [0.2, 0.25) is 12.6 Å². The largest absolute Gasteiger partial charge is 0.460 e. The molecular weight excluding hydrogens is 394 g/mol. The fourth-order valence-electron chi connectivity index (χ4n) is 1.18. The molecule has 134 valence electrons. The van der Waals surface area contributed by atoms with Gasteiger partial charge in [-0.3, -0.25) is 0 Å². The van der Waals surface area contributed by atoms with E-state index in [1.807, 2.05) is 0 Å². The smallest absolute Gasteiger partial charge is 0.375 e. The zero-order chi connectivity index (χ0) is 18.0. The van der Waals surface area contributed by atoms with Gasteiger partial charge >= 0.3 is 23.9 Å². The summed E-state index contributed by atoms with van der Waals surface area (Å²) in [5.41, 5.74) is 0. The zero-order valence-corrected chi connectivity index (χ0v) is 13.4. The van der Waals surface area contributed by atoms with Gasteiger partial charge in [0.25, 0.3) is 0 Å². The van der Waals surface area contributed by atoms with Crippen molar-refractivity contribution in [1.82, 2.24) is 0 Å². The van der Waals surface area contributed by atoms with Crippen molar-refractivity contribution >= 4 is 28.9 Å². The summed E-state index contributed by atoms with van der Waals surface area (Å²) in [6, 6.07) is 0.136. The molecule has 0 aliphatic heterocycles. The molecule has 0 fully saturated rings. The molecule has 0 rings (SSSR count). The molecule has 1 nitrogen and oxygen atoms in total. The van der Waals surface area contributed by atoms with Gasteiger partial charge in [-0.25, -0.2) is 0 Å². The monoisotopic (exact) mass is 404 g/mol. The lowest BCUT2D eigenvalue weighted by molar-refractivity contribution is -0.399. The number of hydrogen-bond acceptors (Lipinski definition) is 1. The van der Waals surface area contributed by atoms with Gasteiger partial charge in [0.05, 0.1) is 0 Å². The van der Waals surface area contributed by atoms with Gasteiger partial charge in [0.1, 0.15) is 6.61 Å². The molecule has 0 saturated carbocycles. The van der Waals surface area contributed by atoms with Gasteiger partial charge in [0, 0.05) is 6.61 Å². The van der Waals surface area contributed by atoms with Crippen molar-refractivity contribution in [2.24, 2.45) is 0 Å². The number of alkyl halides is 9. The van der Waals surface area contributed by atoms with Crippen molar-refractivity contribution in [3.63, 3.8) is 0 Å². The standard InChI is InChI=1S/C9H11Cl2F9OSi/c1-22(10,11)4-2-3-21-5-6(12,13)7(14,15)8(16,17)9(18,19)20/h2-5H2,1H3. The molecule has 0 aromatic heterocycles. The van der Waals surface area contributed by atoms with Crippen molar-refractivity contribution in [3.05, 3.63) is 0 Å². The molecule has 0 unspecified atom stereocenters. The van der Waals surface area contributed by atoms with E-state index in [2.05, 4.69) is 4.74 Å². The fraction of sp³-hybridized carbons (Fsp3) is 1.00. The summed E-state index contributed by atoms with van der Waals surface area (Å²) in [7, 11) is 0. The van der Waals surface area contributed by atoms with Crippen molar-refractivity contribution in [2.75, 3.05) is 13.2 Å². The number of rotatable bonds is 8. The van der Waals surface area contributed by atoms with Crippen LogP contribution in [-0.4, -0.2) is 43.9 Å². The van der Waals surface area contributed by atoms with Gasteiger partial charge in [-0.15, -0.1) is 22.2 Å². The highest BCUT2D eigenvalue weighted by molar-refractivity contribution is 7.44. The lowest BCUT2D eigenvalue weighted by Crippen LogP contribution is -2.62. The van der Waals surface area contributed by atoms with E-state index in [4.69, 9.17) is 22.2 Å². The van der Waals surface area contributed by atoms with Gasteiger partial charge in [0.15, 0.2) is 0 Å². The first-order valence-electron chi connectivity index (χ1n) is 5.61. The number of halogens is 11. The summed E-state index contributed by atoms with van der Waals surface area (Å²) in [6.07, 6.45) is -6.86. The minimum atomic E-state index is -6.90. The highest BCUT2D eigenvalue weighted by atomic mass is 35.7. The van der Waals surface area contributed by atoms with Gasteiger partial charge in [-0.05, 0) is 19.0 Å². The van der Waals surface area contributed by atoms with Crippen molar-refractivity contribution in [1.29, 1.82) is 0 Å². The molecule has 0 atom stereocenters. The maximum atomic E-state index is 13.0. The minimum Gasteiger partial charge on any atom is -0.375 e. The van der Waals surface area contributed by atoms with Crippen molar-refractivity contribution in [2.45, 2.75) is 43.0 Å². The SMILES string of the molecule is C[Si](Cl)(Cl)CCCOCC(F)(F)C(F)(F)C(F)(F)C(F)(F)F. The molecule has 0 amide bonds. The highest BCUT2D eigenvalue weighted by Gasteiger charge is 2.81. The Hall–Kier alpha value is 0.127. The van der Waals surface area contributed by atoms with Crippen LogP contribution in [0.15, 0.2) is 0 Å². The molecule has 0 bridgehead atoms. The molecule has 0 aliphatic rings. The van der Waals surface area contributed by atoms with E-state index in [0.717, 1.165) is 0 Å². The molecule has 0 heterocycles. The van der Waals surface area contributed by atoms with Crippen LogP contribution in [0.25, 0.3) is 0 Å². The Balaban J connectivity index is 4.73. The van der Waals surface area contributed by atoms with Crippen molar-refractivity contribution < 1.29 is 44.3 Å². The predicted molar refractivity (Wildman–Crippen MR) is 64.5 cm³/mol. The van der Waals surface area contributed by atoms with Crippen LogP contribution in [0.3, 0.4) is 0 Å². The van der Waals surface area contributed by atoms with Gasteiger partial charge < -0.3 is 4.74 Å². The summed E-state index contributed by atoms with van der Waals surface area (Å²) in [5.74, 6) is -19.3. The third-order valence-electron chi connectivity index (χ3n) is 2.40. The van der Waals surface area contributed by atoms with E-state index < -0.39 is 43.9 Å². The summed E-state index contributed by atoms with van der Waals surface area (Å²) < 4.78 is 116. The zero-order valence-electron chi connectivity index (χ0n) is 10.9. The van der Waals surface area contributed by atoms with E-state index >= 15 is 0 Å². The first kappa shape index (κ1) is 22.1. The highest BCUT2D eigenvalue weighted by Crippen LogP contribution is 2.53. The second-order valence-electron chi connectivity index (χ2n) is 4.58. The van der Waals surface area contributed by atoms with E-state index in [0.29, 0.717) is 0 Å². The van der Waals surface area contributed by atoms with E-state index in [-0.39, 0.29) is 12.5 Å². The topological polar surface area (TPSA) is 9.23 Å². The Morgan fingerprint density at radius 3 is 1.68 bits per heavy atom. The fourth-order valence-corrected chi connectivity index (χ4v) is 2.75. The molecule has 0 aromatic rings. The van der Waals surface area contributed by atoms with Crippen LogP contribution in [0.4, 0.5) is 39.5 Å². The Morgan fingerprint density at radius 1 is 0.864 bits per heavy atom. The van der Waals surface area contributed by atoms with Crippen LogP contribution >= 0.6 is 22.2 Å². The lowest BCUT2D eigenvalue weighted by Gasteiger charge is -2.33. The first-order valence-corrected chi connectivity index (χ1v) is 10.3. The van der Waals surface area contributed by atoms with Gasteiger partial charge in [-0.2, -0.15) is 39.5 Å². The average Bonchev–Trinajstić information content (AvgIpc) is 2.24. The molecule has 0 saturated heterocycles. The van der Waals surface area contributed by atoms with Crippen LogP contribution in [0, 0.1) is 0 Å². The second kappa shape index (κ2) is 6.94. The Kier molecular flexibility index (Phi) is 6.98. The maximum Gasteiger partial charge on any atom is 0.460 e. The summed E-state index contributed by atoms with van der Waals surface area (Å²) in [5, 5.41) is 0. The molecule has 0 spiro atoms. The van der Waals surface area contributed by atoms with Crippen molar-refractivity contribution in [3.8, 4) is 0 Å². The van der Waals surface area contributed by atoms with Gasteiger partial charge in [-0.1, -0.05) is 0 Å². The third-order valence-corrected chi connectivity index (χ3v) is 4.76. The summed E-state index contributed by atoms with van der Waals surface area (Å²) in [6.45, 7) is -4.00. The molecular formula is C9H11Cl2F9OSi. The van der Waals surface area contributed by atoms with Crippen LogP contribution in [-0.2, 0) is 4.74 Å². The van der Waals surface area contributed by atoms with Crippen LogP contribution in [0.5, 0.6) is 0 Å². The maximum absolute atomic E-state index is 13.0. The Morgan fingerprint density at radius 2 is 1.32 bits per heavy atom. The van der Waals surface area contributed by atoms with Crippen LogP contribution in [0.1, 0.15) is 6.42 Å². The molecule has 0 aromatic carbocycles. The molecule has 0 radical (unpaired) electrons. The van der Waals surface area contributed by atoms with Gasteiger partial charge in [0.2, 0.25) is 6.69 Å². The first-order chi connectivity index (χ1) is 9.46. The normalized spacial score (nSPS) is 15.3. The molecule has 22 heavy (non-hydrogen) atoms. The summed E-state index contributed by atoms with van der Waals surface area (Å²) in [4.78, 5) is 0.